The standard InChI is InChI=1S/C23H28N2O/c1-19-8-7-11-21(18-19)24-14-16-25(17-15-24)22(26)23(12-5-6-13-23)20-9-3-2-4-10-20/h2-4,7-11,18H,5-6,12-17H2,1H3. The third kappa shape index (κ3) is 3.11. The number of hydrogen-bond donors (Lipinski definition) is 0. The van der Waals surface area contributed by atoms with Crippen molar-refractivity contribution in [2.75, 3.05) is 31.1 Å². The molecular weight excluding hydrogens is 320 g/mol. The Labute approximate surface area is 156 Å². The number of rotatable bonds is 3. The van der Waals surface area contributed by atoms with Crippen LogP contribution < -0.4 is 4.90 Å². The maximum atomic E-state index is 13.5. The van der Waals surface area contributed by atoms with Gasteiger partial charge in [0.25, 0.3) is 0 Å². The molecule has 2 aromatic rings. The first kappa shape index (κ1) is 17.1. The highest BCUT2D eigenvalue weighted by molar-refractivity contribution is 5.89. The van der Waals surface area contributed by atoms with E-state index in [4.69, 9.17) is 0 Å². The molecule has 2 aliphatic rings. The van der Waals surface area contributed by atoms with Crippen LogP contribution in [0.25, 0.3) is 0 Å². The Bertz CT molecular complexity index is 757. The minimum absolute atomic E-state index is 0.285. The number of carbonyl (C=O) groups excluding carboxylic acids is 1. The zero-order valence-electron chi connectivity index (χ0n) is 15.7. The van der Waals surface area contributed by atoms with Crippen LogP contribution >= 0.6 is 0 Å². The fourth-order valence-corrected chi connectivity index (χ4v) is 4.66. The molecule has 0 spiro atoms. The van der Waals surface area contributed by atoms with Crippen LogP contribution in [-0.4, -0.2) is 37.0 Å². The summed E-state index contributed by atoms with van der Waals surface area (Å²) in [6.45, 7) is 5.61. The molecule has 0 atom stereocenters. The van der Waals surface area contributed by atoms with Crippen LogP contribution in [0.3, 0.4) is 0 Å². The van der Waals surface area contributed by atoms with Crippen molar-refractivity contribution in [3.63, 3.8) is 0 Å². The monoisotopic (exact) mass is 348 g/mol. The molecule has 0 aromatic heterocycles. The van der Waals surface area contributed by atoms with Crippen molar-refractivity contribution in [2.24, 2.45) is 0 Å². The van der Waals surface area contributed by atoms with Crippen LogP contribution in [0.5, 0.6) is 0 Å². The maximum absolute atomic E-state index is 13.5. The molecule has 1 amide bonds. The predicted molar refractivity (Wildman–Crippen MR) is 107 cm³/mol. The number of carbonyl (C=O) groups is 1. The Balaban J connectivity index is 1.49. The Morgan fingerprint density at radius 3 is 2.23 bits per heavy atom. The summed E-state index contributed by atoms with van der Waals surface area (Å²) in [5, 5.41) is 0. The smallest absolute Gasteiger partial charge is 0.233 e. The average molecular weight is 348 g/mol. The van der Waals surface area contributed by atoms with Gasteiger partial charge in [0.05, 0.1) is 5.41 Å². The number of anilines is 1. The van der Waals surface area contributed by atoms with Crippen molar-refractivity contribution in [3.8, 4) is 0 Å². The summed E-state index contributed by atoms with van der Waals surface area (Å²) < 4.78 is 0. The van der Waals surface area contributed by atoms with E-state index in [1.54, 1.807) is 0 Å². The SMILES string of the molecule is Cc1cccc(N2CCN(C(=O)C3(c4ccccc4)CCCC3)CC2)c1. The zero-order chi connectivity index (χ0) is 18.0. The number of benzene rings is 2. The van der Waals surface area contributed by atoms with E-state index in [1.165, 1.54) is 16.8 Å². The third-order valence-corrected chi connectivity index (χ3v) is 6.13. The van der Waals surface area contributed by atoms with Crippen molar-refractivity contribution in [3.05, 3.63) is 65.7 Å². The van der Waals surface area contributed by atoms with Crippen LogP contribution in [0.1, 0.15) is 36.8 Å². The zero-order valence-corrected chi connectivity index (χ0v) is 15.7. The van der Waals surface area contributed by atoms with E-state index in [0.29, 0.717) is 5.91 Å². The van der Waals surface area contributed by atoms with Crippen LogP contribution in [0.4, 0.5) is 5.69 Å². The summed E-state index contributed by atoms with van der Waals surface area (Å²) in [6, 6.07) is 19.1. The largest absolute Gasteiger partial charge is 0.368 e. The minimum Gasteiger partial charge on any atom is -0.368 e. The van der Waals surface area contributed by atoms with Gasteiger partial charge in [0, 0.05) is 31.9 Å². The maximum Gasteiger partial charge on any atom is 0.233 e. The lowest BCUT2D eigenvalue weighted by atomic mass is 9.77. The van der Waals surface area contributed by atoms with Gasteiger partial charge in [-0.05, 0) is 43.0 Å². The van der Waals surface area contributed by atoms with Crippen LogP contribution in [-0.2, 0) is 10.2 Å². The van der Waals surface area contributed by atoms with Crippen LogP contribution in [0.2, 0.25) is 0 Å². The number of hydrogen-bond acceptors (Lipinski definition) is 2. The molecule has 0 radical (unpaired) electrons. The molecule has 3 heteroatoms. The van der Waals surface area contributed by atoms with Crippen molar-refractivity contribution in [1.82, 2.24) is 4.90 Å². The molecule has 0 bridgehead atoms. The third-order valence-electron chi connectivity index (χ3n) is 6.13. The van der Waals surface area contributed by atoms with Crippen molar-refractivity contribution in [2.45, 2.75) is 38.0 Å². The van der Waals surface area contributed by atoms with Gasteiger partial charge < -0.3 is 9.80 Å². The Morgan fingerprint density at radius 1 is 0.885 bits per heavy atom. The second-order valence-corrected chi connectivity index (χ2v) is 7.77. The molecule has 1 aliphatic heterocycles. The van der Waals surface area contributed by atoms with E-state index < -0.39 is 0 Å². The summed E-state index contributed by atoms with van der Waals surface area (Å²) in [5.41, 5.74) is 3.49. The lowest BCUT2D eigenvalue weighted by molar-refractivity contribution is -0.137. The van der Waals surface area contributed by atoms with E-state index in [0.717, 1.165) is 51.9 Å². The molecule has 0 unspecified atom stereocenters. The number of aryl methyl sites for hydroxylation is 1. The first-order chi connectivity index (χ1) is 12.7. The fourth-order valence-electron chi connectivity index (χ4n) is 4.66. The molecule has 1 saturated heterocycles. The second kappa shape index (κ2) is 7.14. The van der Waals surface area contributed by atoms with Crippen molar-refractivity contribution >= 4 is 11.6 Å². The van der Waals surface area contributed by atoms with E-state index in [9.17, 15) is 4.79 Å². The Hall–Kier alpha value is -2.29. The first-order valence-electron chi connectivity index (χ1n) is 9.86. The van der Waals surface area contributed by atoms with Gasteiger partial charge >= 0.3 is 0 Å². The van der Waals surface area contributed by atoms with Gasteiger partial charge in [-0.15, -0.1) is 0 Å². The molecule has 2 fully saturated rings. The van der Waals surface area contributed by atoms with Crippen molar-refractivity contribution in [1.29, 1.82) is 0 Å². The lowest BCUT2D eigenvalue weighted by Gasteiger charge is -2.41. The van der Waals surface area contributed by atoms with E-state index in [2.05, 4.69) is 65.3 Å². The molecular formula is C23H28N2O. The highest BCUT2D eigenvalue weighted by Crippen LogP contribution is 2.42. The van der Waals surface area contributed by atoms with Crippen LogP contribution in [0.15, 0.2) is 54.6 Å². The van der Waals surface area contributed by atoms with E-state index in [1.807, 2.05) is 6.07 Å². The first-order valence-corrected chi connectivity index (χ1v) is 9.86. The molecule has 2 aromatic carbocycles. The molecule has 26 heavy (non-hydrogen) atoms. The summed E-state index contributed by atoms with van der Waals surface area (Å²) in [5.74, 6) is 0.352. The van der Waals surface area contributed by atoms with Crippen LogP contribution in [0, 0.1) is 6.92 Å². The molecule has 1 heterocycles. The molecule has 0 N–H and O–H groups in total. The minimum atomic E-state index is -0.285. The fraction of sp³-hybridized carbons (Fsp3) is 0.435. The quantitative estimate of drug-likeness (QED) is 0.832. The molecule has 3 nitrogen and oxygen atoms in total. The molecule has 1 saturated carbocycles. The topological polar surface area (TPSA) is 23.6 Å². The predicted octanol–water partition coefficient (Wildman–Crippen LogP) is 4.16. The Kier molecular flexibility index (Phi) is 4.71. The highest BCUT2D eigenvalue weighted by atomic mass is 16.2. The summed E-state index contributed by atoms with van der Waals surface area (Å²) >= 11 is 0. The van der Waals surface area contributed by atoms with Gasteiger partial charge in [-0.3, -0.25) is 4.79 Å². The molecule has 1 aliphatic carbocycles. The number of amides is 1. The summed E-state index contributed by atoms with van der Waals surface area (Å²) in [7, 11) is 0. The van der Waals surface area contributed by atoms with E-state index >= 15 is 0 Å². The number of nitrogens with zero attached hydrogens (tertiary/aromatic N) is 2. The second-order valence-electron chi connectivity index (χ2n) is 7.77. The molecule has 136 valence electrons. The molecule has 4 rings (SSSR count). The van der Waals surface area contributed by atoms with E-state index in [-0.39, 0.29) is 5.41 Å². The summed E-state index contributed by atoms with van der Waals surface area (Å²) in [4.78, 5) is 18.0. The van der Waals surface area contributed by atoms with Gasteiger partial charge in [0.1, 0.15) is 0 Å². The van der Waals surface area contributed by atoms with Crippen molar-refractivity contribution < 1.29 is 4.79 Å². The van der Waals surface area contributed by atoms with Gasteiger partial charge in [0.15, 0.2) is 0 Å². The average Bonchev–Trinajstić information content (AvgIpc) is 3.19. The van der Waals surface area contributed by atoms with Gasteiger partial charge in [-0.1, -0.05) is 55.3 Å². The van der Waals surface area contributed by atoms with Gasteiger partial charge in [-0.25, -0.2) is 0 Å². The Morgan fingerprint density at radius 2 is 1.58 bits per heavy atom. The highest BCUT2D eigenvalue weighted by Gasteiger charge is 2.45. The van der Waals surface area contributed by atoms with Gasteiger partial charge in [-0.2, -0.15) is 0 Å². The lowest BCUT2D eigenvalue weighted by Crippen LogP contribution is -2.54. The number of piperazine rings is 1. The summed E-state index contributed by atoms with van der Waals surface area (Å²) in [6.07, 6.45) is 4.30. The normalized spacial score (nSPS) is 19.6. The van der Waals surface area contributed by atoms with Gasteiger partial charge in [0.2, 0.25) is 5.91 Å².